The molecule has 19 heavy (non-hydrogen) atoms. The first-order chi connectivity index (χ1) is 8.77. The Kier molecular flexibility index (Phi) is 3.08. The lowest BCUT2D eigenvalue weighted by atomic mass is 10.4. The van der Waals surface area contributed by atoms with E-state index in [2.05, 4.69) is 20.7 Å². The molecular weight excluding hydrogens is 274 g/mol. The Morgan fingerprint density at radius 2 is 2.00 bits per heavy atom. The first-order valence-electron chi connectivity index (χ1n) is 5.01. The lowest BCUT2D eigenvalue weighted by Crippen LogP contribution is -2.18. The van der Waals surface area contributed by atoms with E-state index in [1.165, 1.54) is 28.8 Å². The SMILES string of the molecule is Cn1cc(C(=O)Nc2nn(C)cc2S(N)(=O)=O)nn1. The minimum Gasteiger partial charge on any atom is -0.302 e. The molecule has 2 rings (SSSR count). The van der Waals surface area contributed by atoms with E-state index in [0.717, 1.165) is 0 Å². The van der Waals surface area contributed by atoms with Crippen molar-refractivity contribution >= 4 is 21.7 Å². The molecule has 10 nitrogen and oxygen atoms in total. The number of aromatic nitrogens is 5. The molecule has 2 aromatic heterocycles. The Morgan fingerprint density at radius 3 is 2.53 bits per heavy atom. The molecule has 0 bridgehead atoms. The average molecular weight is 285 g/mol. The minimum atomic E-state index is -3.97. The molecule has 0 aromatic carbocycles. The minimum absolute atomic E-state index is 0.0357. The summed E-state index contributed by atoms with van der Waals surface area (Å²) in [6.07, 6.45) is 2.58. The van der Waals surface area contributed by atoms with E-state index in [0.29, 0.717) is 0 Å². The summed E-state index contributed by atoms with van der Waals surface area (Å²) in [4.78, 5) is 11.5. The number of hydrogen-bond acceptors (Lipinski definition) is 6. The molecule has 11 heteroatoms. The van der Waals surface area contributed by atoms with Crippen LogP contribution >= 0.6 is 0 Å². The molecule has 2 aromatic rings. The number of amides is 1. The van der Waals surface area contributed by atoms with Crippen molar-refractivity contribution in [2.45, 2.75) is 4.90 Å². The summed E-state index contributed by atoms with van der Waals surface area (Å²) in [5, 5.41) is 18.4. The second kappa shape index (κ2) is 4.44. The van der Waals surface area contributed by atoms with Crippen LogP contribution in [0.15, 0.2) is 17.3 Å². The van der Waals surface area contributed by atoms with Crippen molar-refractivity contribution in [2.75, 3.05) is 5.32 Å². The monoisotopic (exact) mass is 285 g/mol. The van der Waals surface area contributed by atoms with E-state index in [1.54, 1.807) is 7.05 Å². The summed E-state index contributed by atoms with van der Waals surface area (Å²) in [7, 11) is -0.870. The van der Waals surface area contributed by atoms with Crippen LogP contribution in [0.3, 0.4) is 0 Å². The topological polar surface area (TPSA) is 138 Å². The van der Waals surface area contributed by atoms with Crippen LogP contribution in [-0.4, -0.2) is 39.1 Å². The number of anilines is 1. The van der Waals surface area contributed by atoms with Crippen LogP contribution in [0.25, 0.3) is 0 Å². The third-order valence-corrected chi connectivity index (χ3v) is 3.08. The van der Waals surface area contributed by atoms with E-state index in [9.17, 15) is 13.2 Å². The third-order valence-electron chi connectivity index (χ3n) is 2.17. The van der Waals surface area contributed by atoms with Crippen LogP contribution in [0.5, 0.6) is 0 Å². The molecule has 0 spiro atoms. The molecule has 0 saturated carbocycles. The van der Waals surface area contributed by atoms with Crippen molar-refractivity contribution in [3.8, 4) is 0 Å². The number of sulfonamides is 1. The van der Waals surface area contributed by atoms with E-state index >= 15 is 0 Å². The lowest BCUT2D eigenvalue weighted by molar-refractivity contribution is 0.102. The number of nitrogens with two attached hydrogens (primary N) is 1. The van der Waals surface area contributed by atoms with Gasteiger partial charge < -0.3 is 5.32 Å². The van der Waals surface area contributed by atoms with E-state index in [-0.39, 0.29) is 16.4 Å². The van der Waals surface area contributed by atoms with E-state index < -0.39 is 15.9 Å². The largest absolute Gasteiger partial charge is 0.302 e. The van der Waals surface area contributed by atoms with Crippen LogP contribution in [-0.2, 0) is 24.1 Å². The molecule has 3 N–H and O–H groups in total. The van der Waals surface area contributed by atoms with Crippen molar-refractivity contribution in [2.24, 2.45) is 19.2 Å². The number of hydrogen-bond donors (Lipinski definition) is 2. The summed E-state index contributed by atoms with van der Waals surface area (Å²) in [5.41, 5.74) is 0.0357. The molecular formula is C8H11N7O3S. The third kappa shape index (κ3) is 2.77. The van der Waals surface area contributed by atoms with Gasteiger partial charge in [0.25, 0.3) is 5.91 Å². The Morgan fingerprint density at radius 1 is 1.32 bits per heavy atom. The normalized spacial score (nSPS) is 11.5. The quantitative estimate of drug-likeness (QED) is 0.700. The van der Waals surface area contributed by atoms with Crippen LogP contribution < -0.4 is 10.5 Å². The molecule has 2 heterocycles. The van der Waals surface area contributed by atoms with Crippen LogP contribution in [0.4, 0.5) is 5.82 Å². The van der Waals surface area contributed by atoms with Gasteiger partial charge in [-0.3, -0.25) is 14.2 Å². The first kappa shape index (κ1) is 13.2. The van der Waals surface area contributed by atoms with Gasteiger partial charge in [0.15, 0.2) is 11.5 Å². The molecule has 0 saturated heterocycles. The molecule has 0 aliphatic carbocycles. The summed E-state index contributed by atoms with van der Waals surface area (Å²) in [6.45, 7) is 0. The second-order valence-corrected chi connectivity index (χ2v) is 5.32. The highest BCUT2D eigenvalue weighted by Gasteiger charge is 2.21. The van der Waals surface area contributed by atoms with Gasteiger partial charge in [0.05, 0.1) is 6.20 Å². The number of carbonyl (C=O) groups is 1. The van der Waals surface area contributed by atoms with Gasteiger partial charge in [-0.15, -0.1) is 5.10 Å². The molecule has 102 valence electrons. The van der Waals surface area contributed by atoms with Crippen LogP contribution in [0.1, 0.15) is 10.5 Å². The van der Waals surface area contributed by atoms with Crippen LogP contribution in [0, 0.1) is 0 Å². The molecule has 0 radical (unpaired) electrons. The highest BCUT2D eigenvalue weighted by atomic mass is 32.2. The van der Waals surface area contributed by atoms with Gasteiger partial charge in [-0.05, 0) is 0 Å². The van der Waals surface area contributed by atoms with Crippen molar-refractivity contribution in [3.05, 3.63) is 18.1 Å². The number of carbonyl (C=O) groups excluding carboxylic acids is 1. The van der Waals surface area contributed by atoms with Gasteiger partial charge in [-0.2, -0.15) is 5.10 Å². The number of rotatable bonds is 3. The fraction of sp³-hybridized carbons (Fsp3) is 0.250. The van der Waals surface area contributed by atoms with Gasteiger partial charge in [-0.25, -0.2) is 13.6 Å². The maximum Gasteiger partial charge on any atom is 0.279 e. The molecule has 0 aliphatic rings. The van der Waals surface area contributed by atoms with Crippen molar-refractivity contribution < 1.29 is 13.2 Å². The van der Waals surface area contributed by atoms with Gasteiger partial charge in [0.2, 0.25) is 10.0 Å². The van der Waals surface area contributed by atoms with Gasteiger partial charge in [-0.1, -0.05) is 5.21 Å². The predicted molar refractivity (Wildman–Crippen MR) is 63.5 cm³/mol. The summed E-state index contributed by atoms with van der Waals surface area (Å²) < 4.78 is 25.2. The van der Waals surface area contributed by atoms with Crippen molar-refractivity contribution in [1.29, 1.82) is 0 Å². The maximum atomic E-state index is 11.8. The number of nitrogens with one attached hydrogen (secondary N) is 1. The first-order valence-corrected chi connectivity index (χ1v) is 6.56. The lowest BCUT2D eigenvalue weighted by Gasteiger charge is -2.00. The molecule has 0 aliphatic heterocycles. The summed E-state index contributed by atoms with van der Waals surface area (Å²) in [5.74, 6) is -0.780. The number of nitrogens with zero attached hydrogens (tertiary/aromatic N) is 5. The number of primary sulfonamides is 1. The molecule has 0 atom stereocenters. The van der Waals surface area contributed by atoms with Crippen LogP contribution in [0.2, 0.25) is 0 Å². The van der Waals surface area contributed by atoms with E-state index in [4.69, 9.17) is 5.14 Å². The van der Waals surface area contributed by atoms with E-state index in [1.807, 2.05) is 0 Å². The number of aryl methyl sites for hydroxylation is 2. The molecule has 1 amide bonds. The molecule has 0 unspecified atom stereocenters. The fourth-order valence-electron chi connectivity index (χ4n) is 1.38. The molecule has 0 fully saturated rings. The van der Waals surface area contributed by atoms with Crippen molar-refractivity contribution in [1.82, 2.24) is 24.8 Å². The smallest absolute Gasteiger partial charge is 0.279 e. The average Bonchev–Trinajstić information content (AvgIpc) is 2.84. The zero-order valence-electron chi connectivity index (χ0n) is 10.1. The zero-order chi connectivity index (χ0) is 14.2. The Bertz CT molecular complexity index is 729. The van der Waals surface area contributed by atoms with Gasteiger partial charge in [0.1, 0.15) is 4.90 Å². The zero-order valence-corrected chi connectivity index (χ0v) is 10.9. The van der Waals surface area contributed by atoms with Gasteiger partial charge >= 0.3 is 0 Å². The standard InChI is InChI=1S/C8H11N7O3S/c1-14-4-6(19(9,17)18)7(12-14)10-8(16)5-3-15(2)13-11-5/h3-4H,1-2H3,(H2,9,17,18)(H,10,12,16). The maximum absolute atomic E-state index is 11.8. The summed E-state index contributed by atoms with van der Waals surface area (Å²) in [6, 6.07) is 0. The fourth-order valence-corrected chi connectivity index (χ4v) is 2.05. The summed E-state index contributed by atoms with van der Waals surface area (Å²) >= 11 is 0. The highest BCUT2D eigenvalue weighted by Crippen LogP contribution is 2.17. The Balaban J connectivity index is 2.32. The highest BCUT2D eigenvalue weighted by molar-refractivity contribution is 7.89. The predicted octanol–water partition coefficient (Wildman–Crippen LogP) is -1.55. The Hall–Kier alpha value is -2.27. The Labute approximate surface area is 108 Å². The second-order valence-electron chi connectivity index (χ2n) is 3.79. The van der Waals surface area contributed by atoms with Crippen molar-refractivity contribution in [3.63, 3.8) is 0 Å². The van der Waals surface area contributed by atoms with Gasteiger partial charge in [0, 0.05) is 20.3 Å².